The Labute approximate surface area is 66.8 Å². The van der Waals surface area contributed by atoms with Crippen molar-refractivity contribution in [3.8, 4) is 0 Å². The standard InChI is InChI=1S/C6H5ClF2N2/c7-4-2-10-11(3-4)5-1-6(5,8)9/h2-3,5H,1H2. The first-order chi connectivity index (χ1) is 5.09. The van der Waals surface area contributed by atoms with E-state index in [0.717, 1.165) is 0 Å². The van der Waals surface area contributed by atoms with Gasteiger partial charge in [0.1, 0.15) is 6.04 Å². The third-order valence-corrected chi connectivity index (χ3v) is 1.88. The van der Waals surface area contributed by atoms with Crippen molar-refractivity contribution in [1.29, 1.82) is 0 Å². The summed E-state index contributed by atoms with van der Waals surface area (Å²) in [7, 11) is 0. The molecule has 0 spiro atoms. The van der Waals surface area contributed by atoms with Gasteiger partial charge in [-0.15, -0.1) is 0 Å². The number of rotatable bonds is 1. The van der Waals surface area contributed by atoms with E-state index < -0.39 is 12.0 Å². The highest BCUT2D eigenvalue weighted by Crippen LogP contribution is 2.52. The fourth-order valence-corrected chi connectivity index (χ4v) is 1.11. The van der Waals surface area contributed by atoms with Gasteiger partial charge in [0.05, 0.1) is 11.2 Å². The van der Waals surface area contributed by atoms with E-state index in [4.69, 9.17) is 11.6 Å². The van der Waals surface area contributed by atoms with Crippen LogP contribution in [-0.4, -0.2) is 15.7 Å². The molecule has 1 aromatic rings. The fraction of sp³-hybridized carbons (Fsp3) is 0.500. The first kappa shape index (κ1) is 7.03. The fourth-order valence-electron chi connectivity index (χ4n) is 0.971. The quantitative estimate of drug-likeness (QED) is 0.644. The second-order valence-corrected chi connectivity index (χ2v) is 3.06. The first-order valence-electron chi connectivity index (χ1n) is 3.17. The molecule has 1 aromatic heterocycles. The maximum Gasteiger partial charge on any atom is 0.272 e. The minimum Gasteiger partial charge on any atom is -0.262 e. The third kappa shape index (κ3) is 1.11. The molecule has 60 valence electrons. The number of aromatic nitrogens is 2. The molecule has 0 N–H and O–H groups in total. The number of hydrogen-bond acceptors (Lipinski definition) is 1. The Morgan fingerprint density at radius 1 is 1.73 bits per heavy atom. The van der Waals surface area contributed by atoms with Crippen LogP contribution in [0.2, 0.25) is 5.02 Å². The molecule has 1 aliphatic rings. The second-order valence-electron chi connectivity index (χ2n) is 2.62. The normalized spacial score (nSPS) is 27.0. The van der Waals surface area contributed by atoms with Crippen LogP contribution in [0, 0.1) is 0 Å². The molecule has 1 fully saturated rings. The maximum atomic E-state index is 12.4. The third-order valence-electron chi connectivity index (χ3n) is 1.68. The number of alkyl halides is 2. The average Bonchev–Trinajstić information content (AvgIpc) is 2.39. The van der Waals surface area contributed by atoms with Gasteiger partial charge >= 0.3 is 0 Å². The molecule has 1 heterocycles. The summed E-state index contributed by atoms with van der Waals surface area (Å²) >= 11 is 5.50. The van der Waals surface area contributed by atoms with Gasteiger partial charge in [-0.2, -0.15) is 5.10 Å². The predicted molar refractivity (Wildman–Crippen MR) is 35.8 cm³/mol. The van der Waals surface area contributed by atoms with Crippen LogP contribution in [0.25, 0.3) is 0 Å². The zero-order valence-electron chi connectivity index (χ0n) is 5.47. The molecular formula is C6H5ClF2N2. The summed E-state index contributed by atoms with van der Waals surface area (Å²) in [4.78, 5) is 0. The van der Waals surface area contributed by atoms with Crippen LogP contribution in [-0.2, 0) is 0 Å². The summed E-state index contributed by atoms with van der Waals surface area (Å²) in [6, 6.07) is -0.769. The number of nitrogens with zero attached hydrogens (tertiary/aromatic N) is 2. The lowest BCUT2D eigenvalue weighted by Crippen LogP contribution is -2.01. The van der Waals surface area contributed by atoms with E-state index in [1.54, 1.807) is 0 Å². The summed E-state index contributed by atoms with van der Waals surface area (Å²) < 4.78 is 26.0. The molecule has 11 heavy (non-hydrogen) atoms. The first-order valence-corrected chi connectivity index (χ1v) is 3.55. The molecule has 5 heteroatoms. The topological polar surface area (TPSA) is 17.8 Å². The molecule has 0 aromatic carbocycles. The maximum absolute atomic E-state index is 12.4. The Bertz CT molecular complexity index is 284. The van der Waals surface area contributed by atoms with Gasteiger partial charge in [-0.3, -0.25) is 4.68 Å². The Kier molecular flexibility index (Phi) is 1.24. The molecule has 0 saturated heterocycles. The summed E-state index contributed by atoms with van der Waals surface area (Å²) in [5, 5.41) is 4.07. The van der Waals surface area contributed by atoms with Crippen molar-refractivity contribution in [2.24, 2.45) is 0 Å². The molecule has 1 unspecified atom stereocenters. The highest BCUT2D eigenvalue weighted by Gasteiger charge is 2.59. The molecule has 0 bridgehead atoms. The van der Waals surface area contributed by atoms with Gasteiger partial charge in [0, 0.05) is 12.6 Å². The van der Waals surface area contributed by atoms with E-state index in [1.165, 1.54) is 17.1 Å². The van der Waals surface area contributed by atoms with Crippen LogP contribution in [0.3, 0.4) is 0 Å². The highest BCUT2D eigenvalue weighted by atomic mass is 35.5. The largest absolute Gasteiger partial charge is 0.272 e. The second kappa shape index (κ2) is 1.94. The molecule has 1 atom stereocenters. The van der Waals surface area contributed by atoms with Crippen LogP contribution >= 0.6 is 11.6 Å². The van der Waals surface area contributed by atoms with Gasteiger partial charge in [0.2, 0.25) is 0 Å². The molecule has 0 amide bonds. The van der Waals surface area contributed by atoms with Crippen molar-refractivity contribution in [2.75, 3.05) is 0 Å². The van der Waals surface area contributed by atoms with E-state index in [0.29, 0.717) is 5.02 Å². The van der Waals surface area contributed by atoms with E-state index in [1.807, 2.05) is 0 Å². The molecular weight excluding hydrogens is 174 g/mol. The van der Waals surface area contributed by atoms with E-state index in [9.17, 15) is 8.78 Å². The van der Waals surface area contributed by atoms with Gasteiger partial charge < -0.3 is 0 Å². The summed E-state index contributed by atoms with van der Waals surface area (Å²) in [5.74, 6) is -2.57. The SMILES string of the molecule is FC1(F)CC1n1cc(Cl)cn1. The Balaban J connectivity index is 2.20. The van der Waals surface area contributed by atoms with Crippen molar-refractivity contribution in [2.45, 2.75) is 18.4 Å². The lowest BCUT2D eigenvalue weighted by atomic mass is 10.6. The van der Waals surface area contributed by atoms with Gasteiger partial charge in [-0.05, 0) is 0 Å². The molecule has 2 nitrogen and oxygen atoms in total. The molecule has 1 saturated carbocycles. The van der Waals surface area contributed by atoms with Gasteiger partial charge in [-0.1, -0.05) is 11.6 Å². The minimum atomic E-state index is -2.57. The van der Waals surface area contributed by atoms with Crippen LogP contribution in [0.1, 0.15) is 12.5 Å². The van der Waals surface area contributed by atoms with E-state index in [2.05, 4.69) is 5.10 Å². The van der Waals surface area contributed by atoms with E-state index >= 15 is 0 Å². The Morgan fingerprint density at radius 2 is 2.36 bits per heavy atom. The zero-order chi connectivity index (χ0) is 8.06. The van der Waals surface area contributed by atoms with Crippen LogP contribution in [0.15, 0.2) is 12.4 Å². The summed E-state index contributed by atoms with van der Waals surface area (Å²) in [5.41, 5.74) is 0. The molecule has 1 aliphatic carbocycles. The monoisotopic (exact) mass is 178 g/mol. The van der Waals surface area contributed by atoms with Crippen molar-refractivity contribution in [1.82, 2.24) is 9.78 Å². The van der Waals surface area contributed by atoms with Crippen molar-refractivity contribution < 1.29 is 8.78 Å². The van der Waals surface area contributed by atoms with Crippen molar-refractivity contribution in [3.63, 3.8) is 0 Å². The summed E-state index contributed by atoms with van der Waals surface area (Å²) in [6.45, 7) is 0. The molecule has 0 aliphatic heterocycles. The Morgan fingerprint density at radius 3 is 2.73 bits per heavy atom. The molecule has 0 radical (unpaired) electrons. The highest BCUT2D eigenvalue weighted by molar-refractivity contribution is 6.30. The number of hydrogen-bond donors (Lipinski definition) is 0. The molecule has 2 rings (SSSR count). The number of halogens is 3. The van der Waals surface area contributed by atoms with Crippen molar-refractivity contribution >= 4 is 11.6 Å². The summed E-state index contributed by atoms with van der Waals surface area (Å²) in [6.07, 6.45) is 2.65. The lowest BCUT2D eigenvalue weighted by Gasteiger charge is -1.95. The van der Waals surface area contributed by atoms with E-state index in [-0.39, 0.29) is 6.42 Å². The van der Waals surface area contributed by atoms with Crippen LogP contribution in [0.5, 0.6) is 0 Å². The van der Waals surface area contributed by atoms with Gasteiger partial charge in [-0.25, -0.2) is 8.78 Å². The smallest absolute Gasteiger partial charge is 0.262 e. The predicted octanol–water partition coefficient (Wildman–Crippen LogP) is 2.12. The Hall–Kier alpha value is -0.640. The van der Waals surface area contributed by atoms with Gasteiger partial charge in [0.15, 0.2) is 0 Å². The zero-order valence-corrected chi connectivity index (χ0v) is 6.22. The van der Waals surface area contributed by atoms with Crippen LogP contribution < -0.4 is 0 Å². The minimum absolute atomic E-state index is 0.120. The average molecular weight is 179 g/mol. The lowest BCUT2D eigenvalue weighted by molar-refractivity contribution is 0.0983. The van der Waals surface area contributed by atoms with Crippen LogP contribution in [0.4, 0.5) is 8.78 Å². The van der Waals surface area contributed by atoms with Crippen molar-refractivity contribution in [3.05, 3.63) is 17.4 Å². The van der Waals surface area contributed by atoms with Gasteiger partial charge in [0.25, 0.3) is 5.92 Å².